The first-order chi connectivity index (χ1) is 9.10. The summed E-state index contributed by atoms with van der Waals surface area (Å²) in [4.78, 5) is 10.8. The Morgan fingerprint density at radius 3 is 2.26 bits per heavy atom. The number of aromatic carboxylic acids is 1. The van der Waals surface area contributed by atoms with Gasteiger partial charge in [0.15, 0.2) is 0 Å². The van der Waals surface area contributed by atoms with Crippen LogP contribution in [-0.2, 0) is 0 Å². The van der Waals surface area contributed by atoms with Crippen molar-refractivity contribution in [3.05, 3.63) is 41.5 Å². The molecule has 0 heterocycles. The monoisotopic (exact) mass is 258 g/mol. The van der Waals surface area contributed by atoms with Crippen molar-refractivity contribution in [1.82, 2.24) is 0 Å². The van der Waals surface area contributed by atoms with Crippen LogP contribution in [-0.4, -0.2) is 11.1 Å². The van der Waals surface area contributed by atoms with Crippen LogP contribution in [0.1, 0.15) is 61.9 Å². The zero-order valence-electron chi connectivity index (χ0n) is 11.8. The van der Waals surface area contributed by atoms with Crippen LogP contribution in [0.25, 0.3) is 5.57 Å². The third-order valence-electron chi connectivity index (χ3n) is 4.71. The summed E-state index contributed by atoms with van der Waals surface area (Å²) in [5, 5.41) is 8.90. The molecule has 2 rings (SSSR count). The molecule has 2 nitrogen and oxygen atoms in total. The Balaban J connectivity index is 2.16. The van der Waals surface area contributed by atoms with Crippen LogP contribution in [0.2, 0.25) is 0 Å². The molecule has 0 spiro atoms. The quantitative estimate of drug-likeness (QED) is 0.845. The summed E-state index contributed by atoms with van der Waals surface area (Å²) in [6.07, 6.45) is 8.33. The fraction of sp³-hybridized carbons (Fsp3) is 0.471. The molecule has 0 amide bonds. The van der Waals surface area contributed by atoms with Gasteiger partial charge in [0, 0.05) is 0 Å². The van der Waals surface area contributed by atoms with Crippen molar-refractivity contribution < 1.29 is 9.90 Å². The average Bonchev–Trinajstić information content (AvgIpc) is 2.47. The second-order valence-electron chi connectivity index (χ2n) is 5.52. The van der Waals surface area contributed by atoms with Crippen molar-refractivity contribution in [2.75, 3.05) is 0 Å². The molecule has 0 aliphatic heterocycles. The van der Waals surface area contributed by atoms with E-state index >= 15 is 0 Å². The molecule has 0 radical (unpaired) electrons. The normalized spacial score (nSPS) is 17.9. The lowest BCUT2D eigenvalue weighted by atomic mass is 9.70. The molecule has 0 bridgehead atoms. The average molecular weight is 258 g/mol. The first kappa shape index (κ1) is 13.9. The summed E-state index contributed by atoms with van der Waals surface area (Å²) in [5.41, 5.74) is 3.39. The van der Waals surface area contributed by atoms with E-state index in [1.54, 1.807) is 12.1 Å². The molecule has 1 aliphatic carbocycles. The molecule has 19 heavy (non-hydrogen) atoms. The SMILES string of the molecule is CCC1(CC)CC=C(c2ccc(C(=O)O)cc2)CC1. The van der Waals surface area contributed by atoms with Gasteiger partial charge in [0.05, 0.1) is 5.56 Å². The van der Waals surface area contributed by atoms with E-state index in [2.05, 4.69) is 19.9 Å². The standard InChI is InChI=1S/C17H22O2/c1-3-17(4-2)11-9-14(10-12-17)13-5-7-15(8-6-13)16(18)19/h5-9H,3-4,10-12H2,1-2H3,(H,18,19). The van der Waals surface area contributed by atoms with Gasteiger partial charge in [-0.3, -0.25) is 0 Å². The van der Waals surface area contributed by atoms with Gasteiger partial charge in [0.1, 0.15) is 0 Å². The van der Waals surface area contributed by atoms with Crippen LogP contribution >= 0.6 is 0 Å². The zero-order chi connectivity index (χ0) is 13.9. The van der Waals surface area contributed by atoms with E-state index in [4.69, 9.17) is 5.11 Å². The maximum atomic E-state index is 10.8. The van der Waals surface area contributed by atoms with E-state index in [-0.39, 0.29) is 0 Å². The number of rotatable bonds is 4. The Hall–Kier alpha value is -1.57. The molecule has 0 unspecified atom stereocenters. The van der Waals surface area contributed by atoms with Crippen molar-refractivity contribution in [2.24, 2.45) is 5.41 Å². The Morgan fingerprint density at radius 1 is 1.21 bits per heavy atom. The molecule has 0 aromatic heterocycles. The molecular weight excluding hydrogens is 236 g/mol. The zero-order valence-corrected chi connectivity index (χ0v) is 11.8. The maximum Gasteiger partial charge on any atom is 0.335 e. The molecule has 0 saturated carbocycles. The van der Waals surface area contributed by atoms with E-state index < -0.39 is 5.97 Å². The highest BCUT2D eigenvalue weighted by molar-refractivity contribution is 5.88. The molecule has 1 aromatic carbocycles. The highest BCUT2D eigenvalue weighted by atomic mass is 16.4. The number of carboxylic acids is 1. The Bertz CT molecular complexity index is 478. The van der Waals surface area contributed by atoms with Gasteiger partial charge in [-0.2, -0.15) is 0 Å². The van der Waals surface area contributed by atoms with E-state index in [1.807, 2.05) is 12.1 Å². The Morgan fingerprint density at radius 2 is 1.84 bits per heavy atom. The van der Waals surface area contributed by atoms with Gasteiger partial charge >= 0.3 is 5.97 Å². The van der Waals surface area contributed by atoms with Crippen molar-refractivity contribution in [2.45, 2.75) is 46.0 Å². The van der Waals surface area contributed by atoms with Crippen LogP contribution in [0, 0.1) is 5.41 Å². The van der Waals surface area contributed by atoms with Gasteiger partial charge in [0.25, 0.3) is 0 Å². The van der Waals surface area contributed by atoms with Crippen LogP contribution < -0.4 is 0 Å². The predicted molar refractivity (Wildman–Crippen MR) is 78.2 cm³/mol. The van der Waals surface area contributed by atoms with Crippen molar-refractivity contribution >= 4 is 11.5 Å². The number of carboxylic acid groups (broad SMARTS) is 1. The summed E-state index contributed by atoms with van der Waals surface area (Å²) >= 11 is 0. The van der Waals surface area contributed by atoms with E-state index in [1.165, 1.54) is 30.4 Å². The van der Waals surface area contributed by atoms with Crippen molar-refractivity contribution in [3.63, 3.8) is 0 Å². The Labute approximate surface area is 115 Å². The van der Waals surface area contributed by atoms with E-state index in [0.717, 1.165) is 12.8 Å². The minimum absolute atomic E-state index is 0.358. The van der Waals surface area contributed by atoms with Crippen LogP contribution in [0.15, 0.2) is 30.3 Å². The fourth-order valence-corrected chi connectivity index (χ4v) is 2.92. The van der Waals surface area contributed by atoms with E-state index in [0.29, 0.717) is 11.0 Å². The lowest BCUT2D eigenvalue weighted by Crippen LogP contribution is -2.21. The molecule has 1 aliphatic rings. The molecule has 0 saturated heterocycles. The first-order valence-electron chi connectivity index (χ1n) is 7.13. The largest absolute Gasteiger partial charge is 0.478 e. The maximum absolute atomic E-state index is 10.8. The van der Waals surface area contributed by atoms with Gasteiger partial charge < -0.3 is 5.11 Å². The summed E-state index contributed by atoms with van der Waals surface area (Å²) in [6, 6.07) is 7.25. The molecular formula is C17H22O2. The summed E-state index contributed by atoms with van der Waals surface area (Å²) in [5.74, 6) is -0.861. The Kier molecular flexibility index (Phi) is 4.08. The lowest BCUT2D eigenvalue weighted by Gasteiger charge is -2.35. The smallest absolute Gasteiger partial charge is 0.335 e. The second kappa shape index (κ2) is 5.60. The van der Waals surface area contributed by atoms with E-state index in [9.17, 15) is 4.79 Å². The van der Waals surface area contributed by atoms with Gasteiger partial charge in [-0.25, -0.2) is 4.79 Å². The van der Waals surface area contributed by atoms with Crippen LogP contribution in [0.3, 0.4) is 0 Å². The molecule has 1 aromatic rings. The number of allylic oxidation sites excluding steroid dienone is 2. The topological polar surface area (TPSA) is 37.3 Å². The number of benzene rings is 1. The molecule has 102 valence electrons. The summed E-state index contributed by atoms with van der Waals surface area (Å²) < 4.78 is 0. The third kappa shape index (κ3) is 2.89. The predicted octanol–water partition coefficient (Wildman–Crippen LogP) is 4.76. The van der Waals surface area contributed by atoms with Gasteiger partial charge in [0.2, 0.25) is 0 Å². The summed E-state index contributed by atoms with van der Waals surface area (Å²) in [7, 11) is 0. The van der Waals surface area contributed by atoms with Gasteiger partial charge in [-0.15, -0.1) is 0 Å². The van der Waals surface area contributed by atoms with Crippen molar-refractivity contribution in [3.8, 4) is 0 Å². The highest BCUT2D eigenvalue weighted by Gasteiger charge is 2.28. The minimum Gasteiger partial charge on any atom is -0.478 e. The van der Waals surface area contributed by atoms with Gasteiger partial charge in [-0.05, 0) is 47.9 Å². The lowest BCUT2D eigenvalue weighted by molar-refractivity contribution is 0.0697. The highest BCUT2D eigenvalue weighted by Crippen LogP contribution is 2.43. The van der Waals surface area contributed by atoms with Crippen LogP contribution in [0.4, 0.5) is 0 Å². The van der Waals surface area contributed by atoms with Gasteiger partial charge in [-0.1, -0.05) is 44.9 Å². The molecule has 0 fully saturated rings. The fourth-order valence-electron chi connectivity index (χ4n) is 2.92. The molecule has 2 heteroatoms. The number of hydrogen-bond acceptors (Lipinski definition) is 1. The molecule has 1 N–H and O–H groups in total. The van der Waals surface area contributed by atoms with Crippen LogP contribution in [0.5, 0.6) is 0 Å². The minimum atomic E-state index is -0.861. The first-order valence-corrected chi connectivity index (χ1v) is 7.13. The number of carbonyl (C=O) groups is 1. The second-order valence-corrected chi connectivity index (χ2v) is 5.52. The summed E-state index contributed by atoms with van der Waals surface area (Å²) in [6.45, 7) is 4.56. The number of hydrogen-bond donors (Lipinski definition) is 1. The third-order valence-corrected chi connectivity index (χ3v) is 4.71. The molecule has 0 atom stereocenters. The van der Waals surface area contributed by atoms with Crippen molar-refractivity contribution in [1.29, 1.82) is 0 Å².